The van der Waals surface area contributed by atoms with Crippen molar-refractivity contribution in [3.63, 3.8) is 0 Å². The highest BCUT2D eigenvalue weighted by molar-refractivity contribution is 7.12. The first-order valence-corrected chi connectivity index (χ1v) is 10.4. The summed E-state index contributed by atoms with van der Waals surface area (Å²) in [5.74, 6) is -0.232. The average molecular weight is 411 g/mol. The number of rotatable bonds is 7. The van der Waals surface area contributed by atoms with E-state index in [2.05, 4.69) is 15.5 Å². The number of carbonyl (C=O) groups excluding carboxylic acids is 3. The van der Waals surface area contributed by atoms with Gasteiger partial charge >= 0.3 is 6.09 Å². The van der Waals surface area contributed by atoms with Gasteiger partial charge in [-0.05, 0) is 32.2 Å². The molecule has 2 rings (SSSR count). The van der Waals surface area contributed by atoms with Crippen LogP contribution in [0.25, 0.3) is 0 Å². The van der Waals surface area contributed by atoms with E-state index < -0.39 is 5.60 Å². The maximum absolute atomic E-state index is 12.0. The van der Waals surface area contributed by atoms with Gasteiger partial charge in [-0.2, -0.15) is 0 Å². The molecule has 28 heavy (non-hydrogen) atoms. The molecule has 1 aliphatic rings. The van der Waals surface area contributed by atoms with Crippen LogP contribution < -0.4 is 10.6 Å². The molecule has 0 atom stereocenters. The predicted molar refractivity (Wildman–Crippen MR) is 109 cm³/mol. The Morgan fingerprint density at radius 3 is 2.43 bits per heavy atom. The molecule has 0 spiro atoms. The molecule has 0 unspecified atom stereocenters. The summed E-state index contributed by atoms with van der Waals surface area (Å²) < 4.78 is 5.39. The van der Waals surface area contributed by atoms with Gasteiger partial charge in [-0.25, -0.2) is 4.79 Å². The average Bonchev–Trinajstić information content (AvgIpc) is 3.15. The van der Waals surface area contributed by atoms with Crippen molar-refractivity contribution in [1.82, 2.24) is 20.4 Å². The molecule has 0 saturated carbocycles. The zero-order valence-corrected chi connectivity index (χ0v) is 17.6. The van der Waals surface area contributed by atoms with E-state index in [0.717, 1.165) is 19.6 Å². The van der Waals surface area contributed by atoms with Gasteiger partial charge in [0.05, 0.1) is 4.88 Å². The Bertz CT molecular complexity index is 649. The summed E-state index contributed by atoms with van der Waals surface area (Å²) in [5.41, 5.74) is -0.484. The Balaban J connectivity index is 1.54. The fourth-order valence-corrected chi connectivity index (χ4v) is 3.35. The second kappa shape index (κ2) is 10.4. The van der Waals surface area contributed by atoms with Crippen LogP contribution in [0.15, 0.2) is 17.5 Å². The van der Waals surface area contributed by atoms with Gasteiger partial charge in [0, 0.05) is 52.2 Å². The third-order valence-electron chi connectivity index (χ3n) is 4.16. The molecular weight excluding hydrogens is 380 g/mol. The standard InChI is InChI=1S/C19H30N4O4S/c1-19(2,3)27-18(26)23-12-10-22(11-13-23)9-8-20-16(24)6-7-21-17(25)15-5-4-14-28-15/h4-5,14H,6-13H2,1-3H3,(H,20,24)(H,21,25). The fourth-order valence-electron chi connectivity index (χ4n) is 2.71. The van der Waals surface area contributed by atoms with Crippen molar-refractivity contribution in [3.8, 4) is 0 Å². The van der Waals surface area contributed by atoms with E-state index in [0.29, 0.717) is 31.1 Å². The molecule has 8 nitrogen and oxygen atoms in total. The summed E-state index contributed by atoms with van der Waals surface area (Å²) in [6, 6.07) is 3.57. The minimum Gasteiger partial charge on any atom is -0.444 e. The number of carbonyl (C=O) groups is 3. The highest BCUT2D eigenvalue weighted by Crippen LogP contribution is 2.11. The number of thiophene rings is 1. The van der Waals surface area contributed by atoms with Crippen molar-refractivity contribution in [2.45, 2.75) is 32.8 Å². The van der Waals surface area contributed by atoms with Crippen molar-refractivity contribution < 1.29 is 19.1 Å². The minimum atomic E-state index is -0.484. The highest BCUT2D eigenvalue weighted by Gasteiger charge is 2.25. The lowest BCUT2D eigenvalue weighted by Gasteiger charge is -2.35. The van der Waals surface area contributed by atoms with Gasteiger partial charge in [0.25, 0.3) is 5.91 Å². The summed E-state index contributed by atoms with van der Waals surface area (Å²) in [7, 11) is 0. The molecule has 0 radical (unpaired) electrons. The van der Waals surface area contributed by atoms with Crippen molar-refractivity contribution in [1.29, 1.82) is 0 Å². The van der Waals surface area contributed by atoms with E-state index in [4.69, 9.17) is 4.74 Å². The molecule has 2 N–H and O–H groups in total. The number of hydrogen-bond acceptors (Lipinski definition) is 6. The monoisotopic (exact) mass is 410 g/mol. The van der Waals surface area contributed by atoms with Gasteiger partial charge in [0.1, 0.15) is 5.60 Å². The summed E-state index contributed by atoms with van der Waals surface area (Å²) >= 11 is 1.37. The van der Waals surface area contributed by atoms with Gasteiger partial charge in [-0.1, -0.05) is 6.07 Å². The lowest BCUT2D eigenvalue weighted by molar-refractivity contribution is -0.121. The second-order valence-corrected chi connectivity index (χ2v) is 8.59. The predicted octanol–water partition coefficient (Wildman–Crippen LogP) is 1.54. The van der Waals surface area contributed by atoms with Gasteiger partial charge in [-0.3, -0.25) is 14.5 Å². The van der Waals surface area contributed by atoms with Crippen LogP contribution in [-0.4, -0.2) is 79.1 Å². The van der Waals surface area contributed by atoms with Crippen LogP contribution in [0.4, 0.5) is 4.79 Å². The maximum atomic E-state index is 12.0. The van der Waals surface area contributed by atoms with E-state index >= 15 is 0 Å². The molecule has 0 aliphatic carbocycles. The number of amides is 3. The van der Waals surface area contributed by atoms with Crippen molar-refractivity contribution in [3.05, 3.63) is 22.4 Å². The smallest absolute Gasteiger partial charge is 0.410 e. The first kappa shape index (κ1) is 22.2. The largest absolute Gasteiger partial charge is 0.444 e. The van der Waals surface area contributed by atoms with Gasteiger partial charge in [0.15, 0.2) is 0 Å². The van der Waals surface area contributed by atoms with Crippen LogP contribution in [0.1, 0.15) is 36.9 Å². The van der Waals surface area contributed by atoms with Crippen molar-refractivity contribution in [2.75, 3.05) is 45.8 Å². The summed E-state index contributed by atoms with van der Waals surface area (Å²) in [4.78, 5) is 40.3. The molecule has 1 saturated heterocycles. The number of nitrogens with one attached hydrogen (secondary N) is 2. The third kappa shape index (κ3) is 7.85. The zero-order chi connectivity index (χ0) is 20.6. The van der Waals surface area contributed by atoms with Crippen molar-refractivity contribution in [2.24, 2.45) is 0 Å². The first-order chi connectivity index (χ1) is 13.2. The Labute approximate surface area is 170 Å². The quantitative estimate of drug-likeness (QED) is 0.712. The molecule has 1 aromatic heterocycles. The molecule has 0 bridgehead atoms. The molecule has 1 aromatic rings. The maximum Gasteiger partial charge on any atom is 0.410 e. The number of nitrogens with zero attached hydrogens (tertiary/aromatic N) is 2. The van der Waals surface area contributed by atoms with E-state index in [1.165, 1.54) is 11.3 Å². The lowest BCUT2D eigenvalue weighted by Crippen LogP contribution is -2.51. The van der Waals surface area contributed by atoms with E-state index in [1.54, 1.807) is 11.0 Å². The molecule has 156 valence electrons. The number of ether oxygens (including phenoxy) is 1. The molecule has 1 fully saturated rings. The summed E-state index contributed by atoms with van der Waals surface area (Å²) in [5, 5.41) is 7.45. The molecule has 1 aliphatic heterocycles. The first-order valence-electron chi connectivity index (χ1n) is 9.53. The van der Waals surface area contributed by atoms with Crippen LogP contribution in [0.5, 0.6) is 0 Å². The minimum absolute atomic E-state index is 0.0844. The van der Waals surface area contributed by atoms with E-state index in [-0.39, 0.29) is 24.3 Å². The van der Waals surface area contributed by atoms with Crippen LogP contribution in [0.2, 0.25) is 0 Å². The Kier molecular flexibility index (Phi) is 8.25. The Hall–Kier alpha value is -2.13. The molecular formula is C19H30N4O4S. The van der Waals surface area contributed by atoms with Crippen LogP contribution >= 0.6 is 11.3 Å². The SMILES string of the molecule is CC(C)(C)OC(=O)N1CCN(CCNC(=O)CCNC(=O)c2cccs2)CC1. The number of hydrogen-bond donors (Lipinski definition) is 2. The summed E-state index contributed by atoms with van der Waals surface area (Å²) in [6.07, 6.45) is -0.0196. The Morgan fingerprint density at radius 1 is 1.11 bits per heavy atom. The van der Waals surface area contributed by atoms with Crippen LogP contribution in [-0.2, 0) is 9.53 Å². The third-order valence-corrected chi connectivity index (χ3v) is 5.03. The van der Waals surface area contributed by atoms with Crippen LogP contribution in [0, 0.1) is 0 Å². The van der Waals surface area contributed by atoms with Crippen molar-refractivity contribution >= 4 is 29.2 Å². The highest BCUT2D eigenvalue weighted by atomic mass is 32.1. The van der Waals surface area contributed by atoms with E-state index in [9.17, 15) is 14.4 Å². The normalized spacial score (nSPS) is 15.2. The van der Waals surface area contributed by atoms with E-state index in [1.807, 2.05) is 32.2 Å². The molecule has 0 aromatic carbocycles. The van der Waals surface area contributed by atoms with Gasteiger partial charge in [-0.15, -0.1) is 11.3 Å². The summed E-state index contributed by atoms with van der Waals surface area (Å²) in [6.45, 7) is 9.93. The topological polar surface area (TPSA) is 91.0 Å². The zero-order valence-electron chi connectivity index (χ0n) is 16.8. The number of piperazine rings is 1. The lowest BCUT2D eigenvalue weighted by atomic mass is 10.2. The molecule has 9 heteroatoms. The molecule has 2 heterocycles. The van der Waals surface area contributed by atoms with Gasteiger partial charge in [0.2, 0.25) is 5.91 Å². The fraction of sp³-hybridized carbons (Fsp3) is 0.632. The molecule has 3 amide bonds. The second-order valence-electron chi connectivity index (χ2n) is 7.64. The van der Waals surface area contributed by atoms with Gasteiger partial charge < -0.3 is 20.3 Å². The van der Waals surface area contributed by atoms with Crippen LogP contribution in [0.3, 0.4) is 0 Å². The Morgan fingerprint density at radius 2 is 1.82 bits per heavy atom.